The first kappa shape index (κ1) is 21.5. The number of methoxy groups -OCH3 is 1. The first-order valence-corrected chi connectivity index (χ1v) is 10.9. The highest BCUT2D eigenvalue weighted by atomic mass is 32.2. The van der Waals surface area contributed by atoms with Crippen LogP contribution in [-0.4, -0.2) is 29.8 Å². The van der Waals surface area contributed by atoms with E-state index in [-0.39, 0.29) is 12.4 Å². The van der Waals surface area contributed by atoms with Crippen LogP contribution in [0.4, 0.5) is 0 Å². The maximum Gasteiger partial charge on any atom is 0.338 e. The molecule has 0 radical (unpaired) electrons. The number of aliphatic imine (C=N–C) groups is 1. The number of carbonyl (C=O) groups is 1. The highest BCUT2D eigenvalue weighted by Crippen LogP contribution is 2.48. The number of aryl methyl sites for hydroxylation is 1. The molecule has 2 aliphatic heterocycles. The quantitative estimate of drug-likeness (QED) is 0.690. The van der Waals surface area contributed by atoms with Gasteiger partial charge >= 0.3 is 5.97 Å². The summed E-state index contributed by atoms with van der Waals surface area (Å²) < 4.78 is 10.8. The number of hydrogen-bond acceptors (Lipinski definition) is 8. The number of amidine groups is 1. The SMILES string of the molecule is CCOC(=O)C1=C(c2ccccc2)N=C2SC(C#N)=C(N)N2[C@H]1c1ccc(OC)cc1C. The molecular weight excluding hydrogens is 424 g/mol. The summed E-state index contributed by atoms with van der Waals surface area (Å²) in [5, 5.41) is 10.1. The number of carbonyl (C=O) groups excluding carboxylic acids is 1. The van der Waals surface area contributed by atoms with E-state index in [0.29, 0.717) is 27.1 Å². The zero-order valence-electron chi connectivity index (χ0n) is 18.0. The normalized spacial score (nSPS) is 17.6. The van der Waals surface area contributed by atoms with Gasteiger partial charge in [0, 0.05) is 5.56 Å². The van der Waals surface area contributed by atoms with Gasteiger partial charge in [-0.15, -0.1) is 0 Å². The Morgan fingerprint density at radius 1 is 1.28 bits per heavy atom. The summed E-state index contributed by atoms with van der Waals surface area (Å²) in [6, 6.07) is 16.7. The van der Waals surface area contributed by atoms with Gasteiger partial charge in [0.15, 0.2) is 5.17 Å². The van der Waals surface area contributed by atoms with E-state index in [9.17, 15) is 10.1 Å². The molecule has 0 amide bonds. The van der Waals surface area contributed by atoms with Crippen LogP contribution in [0.1, 0.15) is 29.7 Å². The summed E-state index contributed by atoms with van der Waals surface area (Å²) in [5.41, 5.74) is 9.80. The molecule has 2 aliphatic rings. The number of benzene rings is 2. The van der Waals surface area contributed by atoms with Gasteiger partial charge in [-0.3, -0.25) is 4.90 Å². The van der Waals surface area contributed by atoms with Gasteiger partial charge in [0.1, 0.15) is 22.5 Å². The lowest BCUT2D eigenvalue weighted by atomic mass is 9.89. The molecule has 0 bridgehead atoms. The number of nitrogens with two attached hydrogens (primary N) is 1. The molecule has 0 saturated carbocycles. The van der Waals surface area contributed by atoms with Crippen LogP contribution < -0.4 is 10.5 Å². The first-order valence-electron chi connectivity index (χ1n) is 10.1. The van der Waals surface area contributed by atoms with Crippen molar-refractivity contribution in [1.29, 1.82) is 5.26 Å². The van der Waals surface area contributed by atoms with E-state index in [1.165, 1.54) is 11.8 Å². The van der Waals surface area contributed by atoms with Crippen LogP contribution >= 0.6 is 11.8 Å². The molecule has 2 N–H and O–H groups in total. The van der Waals surface area contributed by atoms with Gasteiger partial charge in [0.25, 0.3) is 0 Å². The predicted molar refractivity (Wildman–Crippen MR) is 124 cm³/mol. The lowest BCUT2D eigenvalue weighted by Gasteiger charge is -2.36. The fraction of sp³-hybridized carbons (Fsp3) is 0.208. The van der Waals surface area contributed by atoms with Gasteiger partial charge in [-0.25, -0.2) is 9.79 Å². The minimum Gasteiger partial charge on any atom is -0.497 e. The molecule has 0 fully saturated rings. The van der Waals surface area contributed by atoms with E-state index in [1.54, 1.807) is 18.9 Å². The Hall–Kier alpha value is -3.70. The van der Waals surface area contributed by atoms with Crippen molar-refractivity contribution in [2.24, 2.45) is 10.7 Å². The molecule has 32 heavy (non-hydrogen) atoms. The lowest BCUT2D eigenvalue weighted by Crippen LogP contribution is -2.39. The van der Waals surface area contributed by atoms with Crippen molar-refractivity contribution in [2.75, 3.05) is 13.7 Å². The summed E-state index contributed by atoms with van der Waals surface area (Å²) in [6.45, 7) is 3.93. The maximum absolute atomic E-state index is 13.3. The monoisotopic (exact) mass is 446 g/mol. The van der Waals surface area contributed by atoms with E-state index >= 15 is 0 Å². The second-order valence-corrected chi connectivity index (χ2v) is 8.14. The van der Waals surface area contributed by atoms with Crippen LogP contribution in [0.5, 0.6) is 5.75 Å². The predicted octanol–water partition coefficient (Wildman–Crippen LogP) is 4.09. The van der Waals surface area contributed by atoms with Gasteiger partial charge in [-0.2, -0.15) is 5.26 Å². The molecule has 7 nitrogen and oxygen atoms in total. The third kappa shape index (κ3) is 3.61. The molecule has 0 saturated heterocycles. The first-order chi connectivity index (χ1) is 15.5. The van der Waals surface area contributed by atoms with E-state index in [1.807, 2.05) is 55.5 Å². The number of ether oxygens (including phenoxy) is 2. The second-order valence-electron chi connectivity index (χ2n) is 7.17. The molecule has 8 heteroatoms. The van der Waals surface area contributed by atoms with Crippen molar-refractivity contribution >= 4 is 28.6 Å². The van der Waals surface area contributed by atoms with E-state index < -0.39 is 12.0 Å². The zero-order chi connectivity index (χ0) is 22.8. The maximum atomic E-state index is 13.3. The minimum absolute atomic E-state index is 0.221. The van der Waals surface area contributed by atoms with Crippen molar-refractivity contribution in [1.82, 2.24) is 4.90 Å². The number of hydrogen-bond donors (Lipinski definition) is 1. The number of thioether (sulfide) groups is 1. The fourth-order valence-corrected chi connectivity index (χ4v) is 4.71. The Kier molecular flexibility index (Phi) is 5.93. The molecule has 0 unspecified atom stereocenters. The van der Waals surface area contributed by atoms with Gasteiger partial charge in [0.05, 0.1) is 31.0 Å². The molecule has 162 valence electrons. The van der Waals surface area contributed by atoms with Gasteiger partial charge in [0.2, 0.25) is 0 Å². The van der Waals surface area contributed by atoms with E-state index in [0.717, 1.165) is 16.7 Å². The van der Waals surface area contributed by atoms with Crippen LogP contribution in [0.25, 0.3) is 5.70 Å². The Labute approximate surface area is 190 Å². The lowest BCUT2D eigenvalue weighted by molar-refractivity contribution is -0.139. The number of esters is 1. The summed E-state index contributed by atoms with van der Waals surface area (Å²) in [6.07, 6.45) is 0. The molecule has 0 spiro atoms. The average molecular weight is 447 g/mol. The second kappa shape index (κ2) is 8.81. The minimum atomic E-state index is -0.610. The third-order valence-corrected chi connectivity index (χ3v) is 6.28. The summed E-state index contributed by atoms with van der Waals surface area (Å²) in [5.74, 6) is 0.501. The molecule has 0 aromatic heterocycles. The number of nitriles is 1. The number of fused-ring (bicyclic) bond motifs is 1. The zero-order valence-corrected chi connectivity index (χ0v) is 18.8. The number of allylic oxidation sites excluding steroid dienone is 1. The summed E-state index contributed by atoms with van der Waals surface area (Å²) >= 11 is 1.20. The summed E-state index contributed by atoms with van der Waals surface area (Å²) in [7, 11) is 1.61. The molecule has 2 aromatic carbocycles. The van der Waals surface area contributed by atoms with Gasteiger partial charge in [-0.05, 0) is 48.9 Å². The third-order valence-electron chi connectivity index (χ3n) is 5.30. The van der Waals surface area contributed by atoms with Crippen molar-refractivity contribution in [3.8, 4) is 11.8 Å². The highest BCUT2D eigenvalue weighted by molar-refractivity contribution is 8.17. The topological polar surface area (TPSA) is 101 Å². The van der Waals surface area contributed by atoms with Crippen LogP contribution in [-0.2, 0) is 9.53 Å². The smallest absolute Gasteiger partial charge is 0.338 e. The largest absolute Gasteiger partial charge is 0.497 e. The Morgan fingerprint density at radius 2 is 2.03 bits per heavy atom. The molecule has 0 aliphatic carbocycles. The molecule has 4 rings (SSSR count). The standard InChI is InChI=1S/C24H22N4O3S/c1-4-31-23(29)19-20(15-8-6-5-7-9-15)27-24-28(22(26)18(13-25)32-24)21(19)17-11-10-16(30-3)12-14(17)2/h5-12,21H,4,26H2,1-3H3/t21-/m0/s1. The Morgan fingerprint density at radius 3 is 2.66 bits per heavy atom. The fourth-order valence-electron chi connectivity index (χ4n) is 3.84. The molecular formula is C24H22N4O3S. The van der Waals surface area contributed by atoms with E-state index in [4.69, 9.17) is 20.2 Å². The van der Waals surface area contributed by atoms with Crippen molar-refractivity contribution < 1.29 is 14.3 Å². The van der Waals surface area contributed by atoms with Crippen LogP contribution in [0.2, 0.25) is 0 Å². The van der Waals surface area contributed by atoms with Crippen molar-refractivity contribution in [3.05, 3.63) is 81.5 Å². The van der Waals surface area contributed by atoms with Crippen LogP contribution in [0.3, 0.4) is 0 Å². The van der Waals surface area contributed by atoms with Gasteiger partial charge < -0.3 is 15.2 Å². The van der Waals surface area contributed by atoms with E-state index in [2.05, 4.69) is 6.07 Å². The average Bonchev–Trinajstić information content (AvgIpc) is 3.14. The Bertz CT molecular complexity index is 1210. The van der Waals surface area contributed by atoms with Crippen molar-refractivity contribution in [2.45, 2.75) is 19.9 Å². The van der Waals surface area contributed by atoms with Crippen molar-refractivity contribution in [3.63, 3.8) is 0 Å². The number of rotatable bonds is 5. The highest BCUT2D eigenvalue weighted by Gasteiger charge is 2.44. The summed E-state index contributed by atoms with van der Waals surface area (Å²) in [4.78, 5) is 20.2. The molecule has 2 heterocycles. The number of nitrogens with zero attached hydrogens (tertiary/aromatic N) is 3. The van der Waals surface area contributed by atoms with Crippen LogP contribution in [0, 0.1) is 18.3 Å². The molecule has 1 atom stereocenters. The Balaban J connectivity index is 2.02. The molecule has 2 aromatic rings. The van der Waals surface area contributed by atoms with Gasteiger partial charge in [-0.1, -0.05) is 36.4 Å². The van der Waals surface area contributed by atoms with Crippen LogP contribution in [0.15, 0.2) is 69.8 Å².